The number of nitrogen functional groups attached to an aromatic ring is 1. The molecule has 0 aliphatic carbocycles. The lowest BCUT2D eigenvalue weighted by Gasteiger charge is -2.09. The number of nitrogens with one attached hydrogen (secondary N) is 3. The van der Waals surface area contributed by atoms with Gasteiger partial charge in [-0.1, -0.05) is 54.6 Å². The molecule has 6 nitrogen and oxygen atoms in total. The van der Waals surface area contributed by atoms with E-state index in [9.17, 15) is 9.59 Å². The Morgan fingerprint density at radius 3 is 2.06 bits per heavy atom. The second-order valence-corrected chi connectivity index (χ2v) is 6.98. The van der Waals surface area contributed by atoms with Crippen molar-refractivity contribution in [2.24, 2.45) is 5.73 Å². The minimum absolute atomic E-state index is 0. The second kappa shape index (κ2) is 10.9. The Kier molecular flexibility index (Phi) is 8.34. The number of carbonyl (C=O) groups excluding carboxylic acids is 2. The molecule has 0 unspecified atom stereocenters. The van der Waals surface area contributed by atoms with E-state index >= 15 is 0 Å². The highest BCUT2D eigenvalue weighted by Gasteiger charge is 2.08. The van der Waals surface area contributed by atoms with Crippen LogP contribution in [0.4, 0.5) is 0 Å². The molecular weight excluding hydrogens is 412 g/mol. The standard InChI is InChI=1S/C24H24N4O2.ClH/c1-16(29)27-15-18-4-2-5-20(12-18)21-6-3-7-22(13-21)24(30)28-14-17-8-10-19(11-9-17)23(25)26;/h2-13H,14-15H2,1H3,(H3,25,26)(H,27,29)(H,28,30);1H. The minimum Gasteiger partial charge on any atom is -0.384 e. The van der Waals surface area contributed by atoms with Crippen molar-refractivity contribution in [1.82, 2.24) is 10.6 Å². The van der Waals surface area contributed by atoms with Crippen LogP contribution in [0.15, 0.2) is 72.8 Å². The quantitative estimate of drug-likeness (QED) is 0.335. The normalized spacial score (nSPS) is 9.97. The highest BCUT2D eigenvalue weighted by Crippen LogP contribution is 2.22. The molecule has 0 radical (unpaired) electrons. The van der Waals surface area contributed by atoms with Crippen molar-refractivity contribution >= 4 is 30.1 Å². The molecule has 7 heteroatoms. The second-order valence-electron chi connectivity index (χ2n) is 6.98. The first-order chi connectivity index (χ1) is 14.4. The van der Waals surface area contributed by atoms with Crippen LogP contribution in [0.3, 0.4) is 0 Å². The van der Waals surface area contributed by atoms with Crippen molar-refractivity contribution < 1.29 is 9.59 Å². The van der Waals surface area contributed by atoms with E-state index in [4.69, 9.17) is 11.1 Å². The average molecular weight is 437 g/mol. The molecule has 0 atom stereocenters. The number of hydrogen-bond donors (Lipinski definition) is 4. The van der Waals surface area contributed by atoms with Gasteiger partial charge in [-0.15, -0.1) is 12.4 Å². The number of amides is 2. The molecule has 0 heterocycles. The maximum atomic E-state index is 12.6. The Bertz CT molecular complexity index is 1080. The first-order valence-electron chi connectivity index (χ1n) is 9.58. The predicted molar refractivity (Wildman–Crippen MR) is 125 cm³/mol. The molecule has 3 aromatic carbocycles. The van der Waals surface area contributed by atoms with Gasteiger partial charge in [0.15, 0.2) is 0 Å². The minimum atomic E-state index is -0.165. The van der Waals surface area contributed by atoms with E-state index in [0.717, 1.165) is 22.3 Å². The van der Waals surface area contributed by atoms with E-state index in [-0.39, 0.29) is 30.1 Å². The number of halogens is 1. The Balaban J connectivity index is 0.00000341. The first kappa shape index (κ1) is 23.6. The average Bonchev–Trinajstić information content (AvgIpc) is 2.76. The highest BCUT2D eigenvalue weighted by molar-refractivity contribution is 5.96. The van der Waals surface area contributed by atoms with E-state index in [1.54, 1.807) is 18.2 Å². The van der Waals surface area contributed by atoms with E-state index in [0.29, 0.717) is 24.2 Å². The zero-order chi connectivity index (χ0) is 21.5. The maximum Gasteiger partial charge on any atom is 0.251 e. The molecule has 160 valence electrons. The molecule has 0 bridgehead atoms. The summed E-state index contributed by atoms with van der Waals surface area (Å²) in [7, 11) is 0. The summed E-state index contributed by atoms with van der Waals surface area (Å²) >= 11 is 0. The van der Waals surface area contributed by atoms with Crippen LogP contribution in [0.2, 0.25) is 0 Å². The van der Waals surface area contributed by atoms with Crippen molar-refractivity contribution in [3.8, 4) is 11.1 Å². The molecule has 2 amide bonds. The van der Waals surface area contributed by atoms with Gasteiger partial charge in [-0.3, -0.25) is 15.0 Å². The molecule has 3 aromatic rings. The zero-order valence-corrected chi connectivity index (χ0v) is 18.0. The van der Waals surface area contributed by atoms with E-state index in [1.807, 2.05) is 54.6 Å². The van der Waals surface area contributed by atoms with Gasteiger partial charge in [0, 0.05) is 31.1 Å². The Hall–Kier alpha value is -3.64. The van der Waals surface area contributed by atoms with Gasteiger partial charge in [-0.25, -0.2) is 0 Å². The Morgan fingerprint density at radius 1 is 0.806 bits per heavy atom. The summed E-state index contributed by atoms with van der Waals surface area (Å²) in [5, 5.41) is 13.1. The number of nitrogens with two attached hydrogens (primary N) is 1. The molecule has 0 aliphatic rings. The summed E-state index contributed by atoms with van der Waals surface area (Å²) in [6.45, 7) is 2.34. The van der Waals surface area contributed by atoms with E-state index in [2.05, 4.69) is 10.6 Å². The van der Waals surface area contributed by atoms with Crippen LogP contribution in [0.25, 0.3) is 11.1 Å². The van der Waals surface area contributed by atoms with Crippen molar-refractivity contribution in [2.75, 3.05) is 0 Å². The van der Waals surface area contributed by atoms with Gasteiger partial charge >= 0.3 is 0 Å². The van der Waals surface area contributed by atoms with Crippen LogP contribution in [-0.2, 0) is 17.9 Å². The van der Waals surface area contributed by atoms with Crippen LogP contribution in [0.1, 0.15) is 34.0 Å². The number of hydrogen-bond acceptors (Lipinski definition) is 3. The molecule has 0 aliphatic heterocycles. The smallest absolute Gasteiger partial charge is 0.251 e. The zero-order valence-electron chi connectivity index (χ0n) is 17.1. The molecule has 3 rings (SSSR count). The van der Waals surface area contributed by atoms with E-state index < -0.39 is 0 Å². The largest absolute Gasteiger partial charge is 0.384 e. The number of rotatable bonds is 7. The Labute approximate surface area is 187 Å². The molecule has 5 N–H and O–H groups in total. The molecule has 31 heavy (non-hydrogen) atoms. The van der Waals surface area contributed by atoms with Crippen LogP contribution < -0.4 is 16.4 Å². The van der Waals surface area contributed by atoms with Gasteiger partial charge in [0.05, 0.1) is 0 Å². The SMILES string of the molecule is CC(=O)NCc1cccc(-c2cccc(C(=O)NCc3ccc(C(=N)N)cc3)c2)c1.Cl. The number of benzene rings is 3. The fourth-order valence-corrected chi connectivity index (χ4v) is 3.01. The molecule has 0 aromatic heterocycles. The van der Waals surface area contributed by atoms with Crippen molar-refractivity contribution in [2.45, 2.75) is 20.0 Å². The van der Waals surface area contributed by atoms with Crippen molar-refractivity contribution in [3.05, 3.63) is 95.1 Å². The summed E-state index contributed by atoms with van der Waals surface area (Å²) in [4.78, 5) is 23.7. The van der Waals surface area contributed by atoms with Crippen LogP contribution in [0, 0.1) is 5.41 Å². The fourth-order valence-electron chi connectivity index (χ4n) is 3.01. The van der Waals surface area contributed by atoms with Gasteiger partial charge in [-0.2, -0.15) is 0 Å². The van der Waals surface area contributed by atoms with Crippen LogP contribution in [-0.4, -0.2) is 17.6 Å². The third-order valence-corrected chi connectivity index (χ3v) is 4.64. The highest BCUT2D eigenvalue weighted by atomic mass is 35.5. The monoisotopic (exact) mass is 436 g/mol. The lowest BCUT2D eigenvalue weighted by Crippen LogP contribution is -2.22. The molecule has 0 saturated heterocycles. The predicted octanol–water partition coefficient (Wildman–Crippen LogP) is 3.63. The molecule has 0 fully saturated rings. The van der Waals surface area contributed by atoms with E-state index in [1.165, 1.54) is 6.92 Å². The summed E-state index contributed by atoms with van der Waals surface area (Å²) in [6, 6.07) is 22.5. The van der Waals surface area contributed by atoms with Crippen molar-refractivity contribution in [3.63, 3.8) is 0 Å². The van der Waals surface area contributed by atoms with Gasteiger partial charge in [0.1, 0.15) is 5.84 Å². The van der Waals surface area contributed by atoms with Gasteiger partial charge in [0.2, 0.25) is 5.91 Å². The van der Waals surface area contributed by atoms with Crippen molar-refractivity contribution in [1.29, 1.82) is 5.41 Å². The molecular formula is C24H25ClN4O2. The van der Waals surface area contributed by atoms with Crippen LogP contribution in [0.5, 0.6) is 0 Å². The van der Waals surface area contributed by atoms with Gasteiger partial charge < -0.3 is 16.4 Å². The summed E-state index contributed by atoms with van der Waals surface area (Å²) in [5.74, 6) is -0.222. The van der Waals surface area contributed by atoms with Crippen LogP contribution >= 0.6 is 12.4 Å². The summed E-state index contributed by atoms with van der Waals surface area (Å²) in [6.07, 6.45) is 0. The first-order valence-corrected chi connectivity index (χ1v) is 9.58. The lowest BCUT2D eigenvalue weighted by molar-refractivity contribution is -0.119. The summed E-state index contributed by atoms with van der Waals surface area (Å²) < 4.78 is 0. The third-order valence-electron chi connectivity index (χ3n) is 4.64. The fraction of sp³-hybridized carbons (Fsp3) is 0.125. The van der Waals surface area contributed by atoms with Gasteiger partial charge in [0.25, 0.3) is 5.91 Å². The lowest BCUT2D eigenvalue weighted by atomic mass is 10.0. The number of amidine groups is 1. The Morgan fingerprint density at radius 2 is 1.42 bits per heavy atom. The molecule has 0 saturated carbocycles. The number of carbonyl (C=O) groups is 2. The van der Waals surface area contributed by atoms with Gasteiger partial charge in [-0.05, 0) is 40.5 Å². The third kappa shape index (κ3) is 6.69. The molecule has 0 spiro atoms. The topological polar surface area (TPSA) is 108 Å². The summed E-state index contributed by atoms with van der Waals surface area (Å²) in [5.41, 5.74) is 10.5. The maximum absolute atomic E-state index is 12.6.